The van der Waals surface area contributed by atoms with E-state index in [0.717, 1.165) is 17.8 Å². The van der Waals surface area contributed by atoms with E-state index in [0.29, 0.717) is 55.5 Å². The number of hydrogen-bond acceptors (Lipinski definition) is 7. The fourth-order valence-corrected chi connectivity index (χ4v) is 4.14. The summed E-state index contributed by atoms with van der Waals surface area (Å²) in [6.45, 7) is 7.79. The number of ether oxygens (including phenoxy) is 2. The molecular formula is C25H34N4O5. The summed E-state index contributed by atoms with van der Waals surface area (Å²) in [7, 11) is 1.54. The zero-order chi connectivity index (χ0) is 24.7. The van der Waals surface area contributed by atoms with Crippen molar-refractivity contribution in [2.45, 2.75) is 52.5 Å². The second-order valence-corrected chi connectivity index (χ2v) is 8.63. The summed E-state index contributed by atoms with van der Waals surface area (Å²) >= 11 is 0. The lowest BCUT2D eigenvalue weighted by Gasteiger charge is -2.32. The lowest BCUT2D eigenvalue weighted by Crippen LogP contribution is -2.42. The van der Waals surface area contributed by atoms with E-state index < -0.39 is 12.0 Å². The van der Waals surface area contributed by atoms with E-state index in [1.807, 2.05) is 26.8 Å². The lowest BCUT2D eigenvalue weighted by molar-refractivity contribution is -0.138. The van der Waals surface area contributed by atoms with Crippen molar-refractivity contribution in [1.29, 1.82) is 0 Å². The monoisotopic (exact) mass is 470 g/mol. The number of carbonyl (C=O) groups excluding carboxylic acids is 1. The zero-order valence-corrected chi connectivity index (χ0v) is 20.3. The van der Waals surface area contributed by atoms with E-state index in [2.05, 4.69) is 20.2 Å². The van der Waals surface area contributed by atoms with Crippen LogP contribution in [-0.2, 0) is 9.59 Å². The standard InChI is InChI=1S/C25H34N4O5/c1-5-12-34-21-7-6-19(14-22(21)33-4)20(15-23(30)31)28-24(32)18-8-10-29(11-9-18)25-26-16(2)13-17(3)27-25/h6-7,13-14,18,20H,5,8-12,15H2,1-4H3,(H,28,32)(H,30,31). The summed E-state index contributed by atoms with van der Waals surface area (Å²) in [5.74, 6) is 0.465. The molecule has 1 saturated heterocycles. The molecule has 2 heterocycles. The van der Waals surface area contributed by atoms with Gasteiger partial charge in [0.1, 0.15) is 0 Å². The van der Waals surface area contributed by atoms with Crippen LogP contribution in [0.5, 0.6) is 11.5 Å². The van der Waals surface area contributed by atoms with Gasteiger partial charge in [0.2, 0.25) is 11.9 Å². The molecule has 3 rings (SSSR count). The van der Waals surface area contributed by atoms with Crippen LogP contribution in [0.2, 0.25) is 0 Å². The Labute approximate surface area is 200 Å². The Bertz CT molecular complexity index is 985. The van der Waals surface area contributed by atoms with Crippen LogP contribution >= 0.6 is 0 Å². The SMILES string of the molecule is CCCOc1ccc(C(CC(=O)O)NC(=O)C2CCN(c3nc(C)cc(C)n3)CC2)cc1OC. The number of carboxylic acids is 1. The van der Waals surface area contributed by atoms with Crippen LogP contribution in [0.25, 0.3) is 0 Å². The van der Waals surface area contributed by atoms with Crippen LogP contribution in [0, 0.1) is 19.8 Å². The Morgan fingerprint density at radius 3 is 2.41 bits per heavy atom. The second-order valence-electron chi connectivity index (χ2n) is 8.63. The molecule has 0 spiro atoms. The molecule has 0 radical (unpaired) electrons. The summed E-state index contributed by atoms with van der Waals surface area (Å²) in [5.41, 5.74) is 2.50. The molecule has 1 atom stereocenters. The third-order valence-electron chi connectivity index (χ3n) is 5.87. The first-order valence-electron chi connectivity index (χ1n) is 11.7. The minimum absolute atomic E-state index is 0.141. The van der Waals surface area contributed by atoms with Crippen LogP contribution in [-0.4, -0.2) is 53.8 Å². The van der Waals surface area contributed by atoms with Gasteiger partial charge in [0.25, 0.3) is 0 Å². The average molecular weight is 471 g/mol. The van der Waals surface area contributed by atoms with Crippen molar-refractivity contribution in [3.8, 4) is 11.5 Å². The molecule has 0 saturated carbocycles. The van der Waals surface area contributed by atoms with Gasteiger partial charge in [0, 0.05) is 30.4 Å². The van der Waals surface area contributed by atoms with Crippen LogP contribution in [0.1, 0.15) is 55.6 Å². The van der Waals surface area contributed by atoms with Gasteiger partial charge in [0.05, 0.1) is 26.2 Å². The van der Waals surface area contributed by atoms with Gasteiger partial charge in [-0.05, 0) is 56.9 Å². The van der Waals surface area contributed by atoms with Gasteiger partial charge >= 0.3 is 5.97 Å². The molecule has 9 nitrogen and oxygen atoms in total. The second kappa shape index (κ2) is 11.7. The van der Waals surface area contributed by atoms with Crippen LogP contribution in [0.4, 0.5) is 5.95 Å². The number of aliphatic carboxylic acids is 1. The smallest absolute Gasteiger partial charge is 0.305 e. The zero-order valence-electron chi connectivity index (χ0n) is 20.3. The average Bonchev–Trinajstić information content (AvgIpc) is 2.81. The molecule has 2 N–H and O–H groups in total. The highest BCUT2D eigenvalue weighted by Crippen LogP contribution is 2.32. The van der Waals surface area contributed by atoms with E-state index in [4.69, 9.17) is 9.47 Å². The lowest BCUT2D eigenvalue weighted by atomic mass is 9.94. The van der Waals surface area contributed by atoms with Crippen molar-refractivity contribution in [2.24, 2.45) is 5.92 Å². The molecule has 34 heavy (non-hydrogen) atoms. The topological polar surface area (TPSA) is 114 Å². The number of benzene rings is 1. The summed E-state index contributed by atoms with van der Waals surface area (Å²) in [6.07, 6.45) is 1.93. The number of anilines is 1. The van der Waals surface area contributed by atoms with E-state index in [1.165, 1.54) is 7.11 Å². The normalized spacial score (nSPS) is 15.0. The first kappa shape index (κ1) is 25.3. The number of nitrogens with one attached hydrogen (secondary N) is 1. The van der Waals surface area contributed by atoms with Gasteiger partial charge < -0.3 is 24.8 Å². The predicted molar refractivity (Wildman–Crippen MR) is 128 cm³/mol. The van der Waals surface area contributed by atoms with Gasteiger partial charge in [-0.25, -0.2) is 9.97 Å². The van der Waals surface area contributed by atoms with Crippen LogP contribution in [0.15, 0.2) is 24.3 Å². The van der Waals surface area contributed by atoms with E-state index in [1.54, 1.807) is 18.2 Å². The first-order valence-corrected chi connectivity index (χ1v) is 11.7. The maximum Gasteiger partial charge on any atom is 0.305 e. The van der Waals surface area contributed by atoms with E-state index in [9.17, 15) is 14.7 Å². The molecule has 1 aliphatic rings. The van der Waals surface area contributed by atoms with Crippen molar-refractivity contribution in [2.75, 3.05) is 31.7 Å². The molecule has 184 valence electrons. The summed E-state index contributed by atoms with van der Waals surface area (Å²) in [4.78, 5) is 35.7. The molecule has 1 aromatic heterocycles. The van der Waals surface area contributed by atoms with Crippen LogP contribution < -0.4 is 19.7 Å². The molecule has 1 amide bonds. The van der Waals surface area contributed by atoms with Crippen molar-refractivity contribution >= 4 is 17.8 Å². The largest absolute Gasteiger partial charge is 0.493 e. The first-order chi connectivity index (χ1) is 16.3. The maximum absolute atomic E-state index is 13.1. The van der Waals surface area contributed by atoms with Gasteiger partial charge in [0.15, 0.2) is 11.5 Å². The predicted octanol–water partition coefficient (Wildman–Crippen LogP) is 3.44. The minimum Gasteiger partial charge on any atom is -0.493 e. The maximum atomic E-state index is 13.1. The Morgan fingerprint density at radius 2 is 1.82 bits per heavy atom. The molecule has 1 aliphatic heterocycles. The summed E-state index contributed by atoms with van der Waals surface area (Å²) in [6, 6.07) is 6.54. The highest BCUT2D eigenvalue weighted by Gasteiger charge is 2.29. The number of nitrogens with zero attached hydrogens (tertiary/aromatic N) is 3. The summed E-state index contributed by atoms with van der Waals surface area (Å²) in [5, 5.41) is 12.4. The Kier molecular flexibility index (Phi) is 8.67. The van der Waals surface area contributed by atoms with Crippen molar-refractivity contribution in [3.05, 3.63) is 41.2 Å². The molecule has 9 heteroatoms. The third-order valence-corrected chi connectivity index (χ3v) is 5.87. The van der Waals surface area contributed by atoms with Crippen molar-refractivity contribution in [1.82, 2.24) is 15.3 Å². The number of carbonyl (C=O) groups is 2. The molecule has 2 aromatic rings. The van der Waals surface area contributed by atoms with Gasteiger partial charge in [-0.3, -0.25) is 9.59 Å². The molecule has 1 fully saturated rings. The number of carboxylic acid groups (broad SMARTS) is 1. The molecule has 0 aliphatic carbocycles. The molecular weight excluding hydrogens is 436 g/mol. The minimum atomic E-state index is -0.989. The van der Waals surface area contributed by atoms with E-state index >= 15 is 0 Å². The summed E-state index contributed by atoms with van der Waals surface area (Å²) < 4.78 is 11.1. The van der Waals surface area contributed by atoms with Gasteiger partial charge in [-0.15, -0.1) is 0 Å². The fraction of sp³-hybridized carbons (Fsp3) is 0.520. The highest BCUT2D eigenvalue weighted by atomic mass is 16.5. The molecule has 0 bridgehead atoms. The van der Waals surface area contributed by atoms with E-state index in [-0.39, 0.29) is 18.2 Å². The number of aryl methyl sites for hydroxylation is 2. The highest BCUT2D eigenvalue weighted by molar-refractivity contribution is 5.80. The fourth-order valence-electron chi connectivity index (χ4n) is 4.14. The number of hydrogen-bond donors (Lipinski definition) is 2. The Morgan fingerprint density at radius 1 is 1.15 bits per heavy atom. The number of methoxy groups -OCH3 is 1. The Hall–Kier alpha value is -3.36. The van der Waals surface area contributed by atoms with Gasteiger partial charge in [-0.2, -0.15) is 0 Å². The number of rotatable bonds is 10. The van der Waals surface area contributed by atoms with Crippen molar-refractivity contribution < 1.29 is 24.2 Å². The Balaban J connectivity index is 1.67. The third kappa shape index (κ3) is 6.59. The number of aromatic nitrogens is 2. The van der Waals surface area contributed by atoms with Crippen LogP contribution in [0.3, 0.4) is 0 Å². The number of amides is 1. The number of piperidine rings is 1. The van der Waals surface area contributed by atoms with Gasteiger partial charge in [-0.1, -0.05) is 13.0 Å². The molecule has 1 aromatic carbocycles. The van der Waals surface area contributed by atoms with Crippen molar-refractivity contribution in [3.63, 3.8) is 0 Å². The molecule has 1 unspecified atom stereocenters. The quantitative estimate of drug-likeness (QED) is 0.543.